The van der Waals surface area contributed by atoms with E-state index in [2.05, 4.69) is 4.98 Å². The van der Waals surface area contributed by atoms with Crippen molar-refractivity contribution in [3.63, 3.8) is 0 Å². The van der Waals surface area contributed by atoms with E-state index in [0.29, 0.717) is 0 Å². The standard InChI is InChI=1S/C9H11ClFN3O4/c10-3-1-14(9(17)13-7(3)12)8-5(11)6(16)4(2-15)18-8/h1,4-6,8,15-16H,2H2,(H2,12,13,17)/t4-,5-,6-,8-/m0/s1. The summed E-state index contributed by atoms with van der Waals surface area (Å²) in [4.78, 5) is 14.9. The molecule has 4 N–H and O–H groups in total. The Morgan fingerprint density at radius 3 is 2.89 bits per heavy atom. The summed E-state index contributed by atoms with van der Waals surface area (Å²) < 4.78 is 19.6. The maximum absolute atomic E-state index is 13.8. The first kappa shape index (κ1) is 13.2. The van der Waals surface area contributed by atoms with Crippen molar-refractivity contribution in [3.8, 4) is 0 Å². The van der Waals surface area contributed by atoms with Crippen LogP contribution in [0.15, 0.2) is 11.0 Å². The maximum Gasteiger partial charge on any atom is 0.351 e. The maximum atomic E-state index is 13.8. The van der Waals surface area contributed by atoms with Crippen LogP contribution in [0.2, 0.25) is 5.02 Å². The number of anilines is 1. The minimum absolute atomic E-state index is 0.0349. The van der Waals surface area contributed by atoms with E-state index in [9.17, 15) is 14.3 Å². The van der Waals surface area contributed by atoms with Gasteiger partial charge in [0.1, 0.15) is 18.0 Å². The Labute approximate surface area is 106 Å². The zero-order valence-corrected chi connectivity index (χ0v) is 9.79. The van der Waals surface area contributed by atoms with Gasteiger partial charge in [0.25, 0.3) is 0 Å². The van der Waals surface area contributed by atoms with E-state index in [1.54, 1.807) is 0 Å². The molecule has 0 aromatic carbocycles. The van der Waals surface area contributed by atoms with Gasteiger partial charge in [-0.3, -0.25) is 4.57 Å². The van der Waals surface area contributed by atoms with Crippen LogP contribution in [0.3, 0.4) is 0 Å². The Morgan fingerprint density at radius 1 is 1.67 bits per heavy atom. The number of aromatic nitrogens is 2. The normalized spacial score (nSPS) is 31.8. The van der Waals surface area contributed by atoms with Crippen LogP contribution in [0.1, 0.15) is 6.23 Å². The molecule has 1 aliphatic rings. The Hall–Kier alpha value is -1.22. The molecule has 0 unspecified atom stereocenters. The number of nitrogens with two attached hydrogens (primary N) is 1. The van der Waals surface area contributed by atoms with E-state index in [1.807, 2.05) is 0 Å². The van der Waals surface area contributed by atoms with Gasteiger partial charge in [-0.15, -0.1) is 0 Å². The van der Waals surface area contributed by atoms with E-state index in [-0.39, 0.29) is 10.8 Å². The molecule has 1 aliphatic heterocycles. The number of hydrogen-bond acceptors (Lipinski definition) is 6. The summed E-state index contributed by atoms with van der Waals surface area (Å²) >= 11 is 5.68. The minimum Gasteiger partial charge on any atom is -0.394 e. The lowest BCUT2D eigenvalue weighted by molar-refractivity contribution is -0.0490. The molecular formula is C9H11ClFN3O4. The summed E-state index contributed by atoms with van der Waals surface area (Å²) in [5.74, 6) is -0.175. The number of aliphatic hydroxyl groups is 2. The summed E-state index contributed by atoms with van der Waals surface area (Å²) in [5.41, 5.74) is 4.47. The second-order valence-electron chi connectivity index (χ2n) is 3.85. The molecule has 1 aromatic heterocycles. The molecule has 18 heavy (non-hydrogen) atoms. The number of nitrogen functional groups attached to an aromatic ring is 1. The number of rotatable bonds is 2. The molecule has 0 radical (unpaired) electrons. The van der Waals surface area contributed by atoms with Crippen molar-refractivity contribution in [1.29, 1.82) is 0 Å². The summed E-state index contributed by atoms with van der Waals surface area (Å²) in [6.07, 6.45) is -4.82. The summed E-state index contributed by atoms with van der Waals surface area (Å²) in [6, 6.07) is 0. The second-order valence-corrected chi connectivity index (χ2v) is 4.25. The largest absolute Gasteiger partial charge is 0.394 e. The molecule has 1 fully saturated rings. The van der Waals surface area contributed by atoms with Crippen LogP contribution in [0.4, 0.5) is 10.2 Å². The number of nitrogens with zero attached hydrogens (tertiary/aromatic N) is 2. The van der Waals surface area contributed by atoms with Gasteiger partial charge in [-0.05, 0) is 0 Å². The number of aliphatic hydroxyl groups excluding tert-OH is 2. The third-order valence-corrected chi connectivity index (χ3v) is 2.97. The molecule has 0 spiro atoms. The highest BCUT2D eigenvalue weighted by molar-refractivity contribution is 6.32. The smallest absolute Gasteiger partial charge is 0.351 e. The Balaban J connectivity index is 2.39. The van der Waals surface area contributed by atoms with Crippen molar-refractivity contribution in [3.05, 3.63) is 21.7 Å². The van der Waals surface area contributed by atoms with Crippen molar-refractivity contribution in [2.45, 2.75) is 24.6 Å². The molecule has 1 saturated heterocycles. The molecule has 4 atom stereocenters. The lowest BCUT2D eigenvalue weighted by atomic mass is 10.1. The lowest BCUT2D eigenvalue weighted by Crippen LogP contribution is -2.33. The molecular weight excluding hydrogens is 269 g/mol. The minimum atomic E-state index is -1.87. The van der Waals surface area contributed by atoms with E-state index in [1.165, 1.54) is 0 Å². The molecule has 7 nitrogen and oxygen atoms in total. The highest BCUT2D eigenvalue weighted by Crippen LogP contribution is 2.31. The average Bonchev–Trinajstić information content (AvgIpc) is 2.61. The first-order chi connectivity index (χ1) is 8.45. The fourth-order valence-electron chi connectivity index (χ4n) is 1.72. The second kappa shape index (κ2) is 4.81. The molecule has 0 saturated carbocycles. The molecule has 0 aliphatic carbocycles. The van der Waals surface area contributed by atoms with E-state index in [4.69, 9.17) is 27.2 Å². The summed E-state index contributed by atoms with van der Waals surface area (Å²) in [5, 5.41) is 18.3. The van der Waals surface area contributed by atoms with Gasteiger partial charge in [0.15, 0.2) is 12.4 Å². The monoisotopic (exact) mass is 279 g/mol. The van der Waals surface area contributed by atoms with Crippen LogP contribution >= 0.6 is 11.6 Å². The third kappa shape index (κ3) is 2.07. The number of ether oxygens (including phenoxy) is 1. The highest BCUT2D eigenvalue weighted by atomic mass is 35.5. The van der Waals surface area contributed by atoms with E-state index >= 15 is 0 Å². The van der Waals surface area contributed by atoms with Crippen LogP contribution in [0.5, 0.6) is 0 Å². The first-order valence-corrected chi connectivity index (χ1v) is 5.46. The van der Waals surface area contributed by atoms with E-state index in [0.717, 1.165) is 10.8 Å². The molecule has 2 heterocycles. The molecule has 0 amide bonds. The quantitative estimate of drug-likeness (QED) is 0.645. The zero-order valence-electron chi connectivity index (χ0n) is 9.03. The fourth-order valence-corrected chi connectivity index (χ4v) is 1.87. The SMILES string of the molecule is Nc1nc(=O)n([C@H]2O[C@@H](CO)[C@H](O)[C@@H]2F)cc1Cl. The third-order valence-electron chi connectivity index (χ3n) is 2.68. The van der Waals surface area contributed by atoms with Gasteiger partial charge in [0.05, 0.1) is 11.6 Å². The van der Waals surface area contributed by atoms with Crippen LogP contribution in [0.25, 0.3) is 0 Å². The Kier molecular flexibility index (Phi) is 3.53. The van der Waals surface area contributed by atoms with E-state index < -0.39 is 36.9 Å². The Bertz CT molecular complexity index is 511. The average molecular weight is 280 g/mol. The molecule has 100 valence electrons. The lowest BCUT2D eigenvalue weighted by Gasteiger charge is -2.16. The fraction of sp³-hybridized carbons (Fsp3) is 0.556. The van der Waals surface area contributed by atoms with Crippen molar-refractivity contribution in [2.24, 2.45) is 0 Å². The van der Waals surface area contributed by atoms with Gasteiger partial charge in [-0.25, -0.2) is 9.18 Å². The van der Waals surface area contributed by atoms with Gasteiger partial charge in [-0.1, -0.05) is 11.6 Å². The summed E-state index contributed by atoms with van der Waals surface area (Å²) in [7, 11) is 0. The first-order valence-electron chi connectivity index (χ1n) is 5.08. The van der Waals surface area contributed by atoms with Crippen LogP contribution < -0.4 is 11.4 Å². The number of alkyl halides is 1. The van der Waals surface area contributed by atoms with Gasteiger partial charge >= 0.3 is 5.69 Å². The number of halogens is 2. The molecule has 9 heteroatoms. The van der Waals surface area contributed by atoms with Gasteiger partial charge in [-0.2, -0.15) is 4.98 Å². The topological polar surface area (TPSA) is 111 Å². The highest BCUT2D eigenvalue weighted by Gasteiger charge is 2.45. The summed E-state index contributed by atoms with van der Waals surface area (Å²) in [6.45, 7) is -0.566. The molecule has 1 aromatic rings. The molecule has 0 bridgehead atoms. The van der Waals surface area contributed by atoms with Crippen molar-refractivity contribution >= 4 is 17.4 Å². The van der Waals surface area contributed by atoms with Crippen LogP contribution in [-0.2, 0) is 4.74 Å². The van der Waals surface area contributed by atoms with Crippen LogP contribution in [0, 0.1) is 0 Å². The van der Waals surface area contributed by atoms with Gasteiger partial charge in [0.2, 0.25) is 0 Å². The Morgan fingerprint density at radius 2 is 2.33 bits per heavy atom. The van der Waals surface area contributed by atoms with Crippen molar-refractivity contribution < 1.29 is 19.3 Å². The number of hydrogen-bond donors (Lipinski definition) is 3. The zero-order chi connectivity index (χ0) is 13.4. The van der Waals surface area contributed by atoms with Gasteiger partial charge in [0, 0.05) is 6.20 Å². The predicted molar refractivity (Wildman–Crippen MR) is 59.8 cm³/mol. The van der Waals surface area contributed by atoms with Crippen LogP contribution in [-0.4, -0.2) is 44.8 Å². The molecule has 2 rings (SSSR count). The predicted octanol–water partition coefficient (Wildman–Crippen LogP) is -0.932. The van der Waals surface area contributed by atoms with Gasteiger partial charge < -0.3 is 20.7 Å². The van der Waals surface area contributed by atoms with Crippen molar-refractivity contribution in [2.75, 3.05) is 12.3 Å². The van der Waals surface area contributed by atoms with Crippen molar-refractivity contribution in [1.82, 2.24) is 9.55 Å².